The molecule has 1 fully saturated rings. The summed E-state index contributed by atoms with van der Waals surface area (Å²) < 4.78 is 10.4. The maximum Gasteiger partial charge on any atom is 0.0864 e. The van der Waals surface area contributed by atoms with Gasteiger partial charge >= 0.3 is 0 Å². The summed E-state index contributed by atoms with van der Waals surface area (Å²) in [7, 11) is 1.64. The van der Waals surface area contributed by atoms with E-state index in [2.05, 4.69) is 0 Å². The maximum absolute atomic E-state index is 9.48. The van der Waals surface area contributed by atoms with E-state index in [1.807, 2.05) is 13.8 Å². The fraction of sp³-hybridized carbons (Fsp3) is 1.00. The molecule has 2 unspecified atom stereocenters. The Hall–Kier alpha value is -0.120. The highest BCUT2D eigenvalue weighted by molar-refractivity contribution is 4.85. The van der Waals surface area contributed by atoms with Crippen molar-refractivity contribution in [2.24, 2.45) is 5.92 Å². The Morgan fingerprint density at radius 3 is 2.45 bits per heavy atom. The zero-order valence-electron chi connectivity index (χ0n) is 7.28. The number of rotatable bonds is 2. The second kappa shape index (κ2) is 3.52. The minimum absolute atomic E-state index is 0.0508. The van der Waals surface area contributed by atoms with E-state index >= 15 is 0 Å². The molecular formula is C8H16O3. The van der Waals surface area contributed by atoms with Crippen molar-refractivity contribution in [3.63, 3.8) is 0 Å². The summed E-state index contributed by atoms with van der Waals surface area (Å²) in [4.78, 5) is 0. The van der Waals surface area contributed by atoms with Gasteiger partial charge in [0.2, 0.25) is 0 Å². The lowest BCUT2D eigenvalue weighted by Gasteiger charge is -2.13. The lowest BCUT2D eigenvalue weighted by molar-refractivity contribution is -0.0124. The van der Waals surface area contributed by atoms with Crippen LogP contribution in [0.1, 0.15) is 13.8 Å². The summed E-state index contributed by atoms with van der Waals surface area (Å²) in [5.41, 5.74) is 0. The third-order valence-corrected chi connectivity index (χ3v) is 2.33. The first-order valence-corrected chi connectivity index (χ1v) is 3.99. The predicted octanol–water partition coefficient (Wildman–Crippen LogP) is 0.417. The third-order valence-electron chi connectivity index (χ3n) is 2.33. The van der Waals surface area contributed by atoms with Gasteiger partial charge in [0.15, 0.2) is 0 Å². The molecule has 0 saturated carbocycles. The zero-order chi connectivity index (χ0) is 8.43. The lowest BCUT2D eigenvalue weighted by atomic mass is 10.00. The fourth-order valence-electron chi connectivity index (χ4n) is 1.48. The van der Waals surface area contributed by atoms with Crippen molar-refractivity contribution in [1.82, 2.24) is 0 Å². The molecule has 0 aromatic carbocycles. The summed E-state index contributed by atoms with van der Waals surface area (Å²) in [5, 5.41) is 9.48. The van der Waals surface area contributed by atoms with E-state index in [0.29, 0.717) is 6.61 Å². The quantitative estimate of drug-likeness (QED) is 0.636. The van der Waals surface area contributed by atoms with E-state index in [0.717, 1.165) is 0 Å². The molecule has 3 heteroatoms. The smallest absolute Gasteiger partial charge is 0.0864 e. The van der Waals surface area contributed by atoms with Gasteiger partial charge in [-0.15, -0.1) is 0 Å². The fourth-order valence-corrected chi connectivity index (χ4v) is 1.48. The Labute approximate surface area is 67.3 Å². The van der Waals surface area contributed by atoms with Crippen LogP contribution >= 0.6 is 0 Å². The van der Waals surface area contributed by atoms with Crippen LogP contribution in [0.5, 0.6) is 0 Å². The molecule has 0 aromatic rings. The van der Waals surface area contributed by atoms with Crippen molar-refractivity contribution < 1.29 is 14.6 Å². The standard InChI is InChI=1S/C8H16O3/c1-5-7(4-10-3)11-6(2)8(5)9/h5-9H,4H2,1-3H3/t5-,6?,7?,8-/m1/s1. The van der Waals surface area contributed by atoms with Gasteiger partial charge in [-0.3, -0.25) is 0 Å². The van der Waals surface area contributed by atoms with Crippen molar-refractivity contribution in [2.45, 2.75) is 32.2 Å². The topological polar surface area (TPSA) is 38.7 Å². The number of hydrogen-bond acceptors (Lipinski definition) is 3. The summed E-state index contributed by atoms with van der Waals surface area (Å²) in [6.07, 6.45) is -0.328. The predicted molar refractivity (Wildman–Crippen MR) is 41.4 cm³/mol. The highest BCUT2D eigenvalue weighted by atomic mass is 16.5. The Bertz CT molecular complexity index is 127. The van der Waals surface area contributed by atoms with Crippen LogP contribution in [0.25, 0.3) is 0 Å². The van der Waals surface area contributed by atoms with E-state index in [1.54, 1.807) is 7.11 Å². The molecule has 0 radical (unpaired) electrons. The SMILES string of the molecule is COCC1OC(C)[C@H](O)[C@@H]1C. The highest BCUT2D eigenvalue weighted by Gasteiger charge is 2.37. The van der Waals surface area contributed by atoms with Crippen LogP contribution in [-0.2, 0) is 9.47 Å². The number of aliphatic hydroxyl groups is 1. The van der Waals surface area contributed by atoms with E-state index in [-0.39, 0.29) is 24.2 Å². The summed E-state index contributed by atoms with van der Waals surface area (Å²) in [6.45, 7) is 4.44. The summed E-state index contributed by atoms with van der Waals surface area (Å²) in [5.74, 6) is 0.185. The Morgan fingerprint density at radius 1 is 1.45 bits per heavy atom. The molecule has 66 valence electrons. The van der Waals surface area contributed by atoms with Crippen LogP contribution in [-0.4, -0.2) is 37.1 Å². The van der Waals surface area contributed by atoms with Gasteiger partial charge in [-0.1, -0.05) is 6.92 Å². The number of ether oxygens (including phenoxy) is 2. The molecule has 0 aromatic heterocycles. The van der Waals surface area contributed by atoms with Gasteiger partial charge in [0.05, 0.1) is 24.9 Å². The van der Waals surface area contributed by atoms with Crippen LogP contribution in [0.3, 0.4) is 0 Å². The van der Waals surface area contributed by atoms with E-state index in [4.69, 9.17) is 9.47 Å². The molecule has 0 aliphatic carbocycles. The number of hydrogen-bond donors (Lipinski definition) is 1. The summed E-state index contributed by atoms with van der Waals surface area (Å²) in [6, 6.07) is 0. The molecule has 1 N–H and O–H groups in total. The summed E-state index contributed by atoms with van der Waals surface area (Å²) >= 11 is 0. The molecule has 3 nitrogen and oxygen atoms in total. The van der Waals surface area contributed by atoms with Gasteiger partial charge in [0.25, 0.3) is 0 Å². The molecule has 0 bridgehead atoms. The molecule has 4 atom stereocenters. The van der Waals surface area contributed by atoms with Crippen LogP contribution in [0.15, 0.2) is 0 Å². The lowest BCUT2D eigenvalue weighted by Crippen LogP contribution is -2.25. The van der Waals surface area contributed by atoms with Gasteiger partial charge in [-0.25, -0.2) is 0 Å². The van der Waals surface area contributed by atoms with Crippen molar-refractivity contribution in [3.8, 4) is 0 Å². The van der Waals surface area contributed by atoms with Gasteiger partial charge in [0, 0.05) is 13.0 Å². The first-order chi connectivity index (χ1) is 5.16. The van der Waals surface area contributed by atoms with Crippen LogP contribution in [0.2, 0.25) is 0 Å². The maximum atomic E-state index is 9.48. The van der Waals surface area contributed by atoms with Crippen LogP contribution in [0, 0.1) is 5.92 Å². The Morgan fingerprint density at radius 2 is 2.09 bits per heavy atom. The molecule has 1 rings (SSSR count). The Kier molecular flexibility index (Phi) is 2.87. The average molecular weight is 160 g/mol. The molecule has 1 heterocycles. The van der Waals surface area contributed by atoms with Crippen LogP contribution < -0.4 is 0 Å². The van der Waals surface area contributed by atoms with Crippen molar-refractivity contribution in [3.05, 3.63) is 0 Å². The number of methoxy groups -OCH3 is 1. The average Bonchev–Trinajstić information content (AvgIpc) is 2.19. The number of aliphatic hydroxyl groups excluding tert-OH is 1. The van der Waals surface area contributed by atoms with Crippen molar-refractivity contribution in [1.29, 1.82) is 0 Å². The van der Waals surface area contributed by atoms with Gasteiger partial charge in [-0.2, -0.15) is 0 Å². The molecule has 1 saturated heterocycles. The van der Waals surface area contributed by atoms with Gasteiger partial charge < -0.3 is 14.6 Å². The molecule has 11 heavy (non-hydrogen) atoms. The van der Waals surface area contributed by atoms with Crippen molar-refractivity contribution in [2.75, 3.05) is 13.7 Å². The molecule has 1 aliphatic rings. The molecule has 0 amide bonds. The van der Waals surface area contributed by atoms with E-state index in [1.165, 1.54) is 0 Å². The van der Waals surface area contributed by atoms with Crippen molar-refractivity contribution >= 4 is 0 Å². The molecule has 1 aliphatic heterocycles. The normalized spacial score (nSPS) is 44.7. The van der Waals surface area contributed by atoms with Gasteiger partial charge in [-0.05, 0) is 6.92 Å². The van der Waals surface area contributed by atoms with Crippen LogP contribution in [0.4, 0.5) is 0 Å². The van der Waals surface area contributed by atoms with E-state index in [9.17, 15) is 5.11 Å². The largest absolute Gasteiger partial charge is 0.390 e. The monoisotopic (exact) mass is 160 g/mol. The zero-order valence-corrected chi connectivity index (χ0v) is 7.28. The molecular weight excluding hydrogens is 144 g/mol. The molecule has 0 spiro atoms. The second-order valence-corrected chi connectivity index (χ2v) is 3.18. The van der Waals surface area contributed by atoms with Gasteiger partial charge in [0.1, 0.15) is 0 Å². The highest BCUT2D eigenvalue weighted by Crippen LogP contribution is 2.26. The third kappa shape index (κ3) is 1.72. The minimum Gasteiger partial charge on any atom is -0.390 e. The first kappa shape index (κ1) is 8.97. The minimum atomic E-state index is -0.338. The second-order valence-electron chi connectivity index (χ2n) is 3.18. The first-order valence-electron chi connectivity index (χ1n) is 3.99. The Balaban J connectivity index is 2.45. The van der Waals surface area contributed by atoms with E-state index < -0.39 is 0 Å².